The van der Waals surface area contributed by atoms with Gasteiger partial charge in [-0.2, -0.15) is 0 Å². The van der Waals surface area contributed by atoms with Gasteiger partial charge in [0.2, 0.25) is 0 Å². The van der Waals surface area contributed by atoms with Crippen LogP contribution >= 0.6 is 0 Å². The number of aromatic nitrogens is 4. The molecule has 6 rings (SSSR count). The van der Waals surface area contributed by atoms with Crippen molar-refractivity contribution in [2.45, 2.75) is 65.7 Å². The molecule has 0 aliphatic carbocycles. The number of esters is 1. The Kier molecular flexibility index (Phi) is 7.95. The molecule has 8 bridgehead atoms. The molecule has 0 saturated heterocycles. The monoisotopic (exact) mass is 635 g/mol. The first-order valence-corrected chi connectivity index (χ1v) is 15.7. The molecule has 3 N–H and O–H groups in total. The zero-order chi connectivity index (χ0) is 33.9. The molecule has 3 aliphatic rings. The lowest BCUT2D eigenvalue weighted by atomic mass is 9.84. The molecule has 0 fully saturated rings. The third kappa shape index (κ3) is 5.06. The van der Waals surface area contributed by atoms with Gasteiger partial charge in [-0.1, -0.05) is 26.5 Å². The van der Waals surface area contributed by atoms with E-state index < -0.39 is 36.2 Å². The molecule has 0 radical (unpaired) electrons. The third-order valence-electron chi connectivity index (χ3n) is 9.73. The van der Waals surface area contributed by atoms with E-state index in [-0.39, 0.29) is 29.0 Å². The van der Waals surface area contributed by atoms with Crippen LogP contribution in [-0.2, 0) is 14.3 Å². The number of H-pyrrole nitrogens is 2. The van der Waals surface area contributed by atoms with Gasteiger partial charge >= 0.3 is 11.9 Å². The van der Waals surface area contributed by atoms with E-state index in [1.807, 2.05) is 45.0 Å². The maximum absolute atomic E-state index is 14.2. The van der Waals surface area contributed by atoms with Gasteiger partial charge in [0, 0.05) is 46.1 Å². The molecular formula is C36H37N5O6. The smallest absolute Gasteiger partial charge is 0.323 e. The average molecular weight is 636 g/mol. The standard InChI is InChI=1S/C36H37N5O6/c1-8-20-16(3)23-12-25-18(5)22(10-11-30(44)47-7)33(39-25)32-34-31(35(45)41(36(32)46)15-29(42)43)19(6)26(40-34)14-28-21(9-2)17(4)24(38-28)13-27(20)37-23/h8,12-14,18,22,37,40H,1,9-11,15H2,2-7H3,(H,42,43)/t18-,22-/m0/s1. The number of amides is 2. The second-order valence-corrected chi connectivity index (χ2v) is 12.3. The largest absolute Gasteiger partial charge is 0.480 e. The van der Waals surface area contributed by atoms with Crippen molar-refractivity contribution in [1.29, 1.82) is 0 Å². The van der Waals surface area contributed by atoms with E-state index in [2.05, 4.69) is 23.5 Å². The molecule has 0 saturated carbocycles. The molecular weight excluding hydrogens is 598 g/mol. The summed E-state index contributed by atoms with van der Waals surface area (Å²) < 4.78 is 4.93. The number of carbonyl (C=O) groups is 4. The predicted octanol–water partition coefficient (Wildman–Crippen LogP) is 6.44. The molecule has 3 aromatic rings. The van der Waals surface area contributed by atoms with Crippen molar-refractivity contribution < 1.29 is 29.0 Å². The summed E-state index contributed by atoms with van der Waals surface area (Å²) in [4.78, 5) is 69.9. The van der Waals surface area contributed by atoms with E-state index in [4.69, 9.17) is 14.7 Å². The number of allylic oxidation sites excluding steroid dienone is 2. The van der Waals surface area contributed by atoms with Gasteiger partial charge < -0.3 is 19.8 Å². The van der Waals surface area contributed by atoms with Crippen LogP contribution in [0.4, 0.5) is 0 Å². The SMILES string of the molecule is C=Cc1c(C)c2cc3nc(c4c5[nH]c(cc6nc(cc1[nH]2)C(C)=C6CC)c(C)c5C(=O)N(CC(=O)O)C4=O)[C@@H](CCC(=O)OC)[C@@H]3C. The highest BCUT2D eigenvalue weighted by molar-refractivity contribution is 6.24. The summed E-state index contributed by atoms with van der Waals surface area (Å²) >= 11 is 0. The van der Waals surface area contributed by atoms with Crippen LogP contribution in [0.5, 0.6) is 0 Å². The van der Waals surface area contributed by atoms with E-state index in [0.29, 0.717) is 35.3 Å². The minimum Gasteiger partial charge on any atom is -0.480 e. The molecule has 2 atom stereocenters. The second-order valence-electron chi connectivity index (χ2n) is 12.3. The number of nitrogens with zero attached hydrogens (tertiary/aromatic N) is 3. The number of hydrogen-bond acceptors (Lipinski definition) is 7. The fraction of sp³-hybridized carbons (Fsp3) is 0.333. The van der Waals surface area contributed by atoms with Crippen LogP contribution < -0.4 is 0 Å². The van der Waals surface area contributed by atoms with Crippen molar-refractivity contribution in [3.05, 3.63) is 75.4 Å². The Hall–Kier alpha value is -5.32. The van der Waals surface area contributed by atoms with E-state index in [0.717, 1.165) is 49.6 Å². The maximum atomic E-state index is 14.2. The molecule has 2 amide bonds. The first-order chi connectivity index (χ1) is 22.4. The topological polar surface area (TPSA) is 158 Å². The van der Waals surface area contributed by atoms with Gasteiger partial charge in [0.15, 0.2) is 0 Å². The quantitative estimate of drug-likeness (QED) is 0.198. The van der Waals surface area contributed by atoms with Crippen LogP contribution in [0.2, 0.25) is 0 Å². The molecule has 11 heteroatoms. The predicted molar refractivity (Wildman–Crippen MR) is 179 cm³/mol. The van der Waals surface area contributed by atoms with Gasteiger partial charge in [0.25, 0.3) is 11.8 Å². The molecule has 0 aromatic carbocycles. The van der Waals surface area contributed by atoms with Crippen molar-refractivity contribution in [3.8, 4) is 0 Å². The Labute approximate surface area is 271 Å². The molecule has 11 nitrogen and oxygen atoms in total. The fourth-order valence-corrected chi connectivity index (χ4v) is 7.06. The van der Waals surface area contributed by atoms with Gasteiger partial charge in [-0.05, 0) is 74.1 Å². The summed E-state index contributed by atoms with van der Waals surface area (Å²) in [6.45, 7) is 13.1. The first kappa shape index (κ1) is 31.7. The Balaban J connectivity index is 1.81. The number of nitrogens with one attached hydrogen (secondary N) is 2. The summed E-state index contributed by atoms with van der Waals surface area (Å²) in [5.74, 6) is -3.82. The van der Waals surface area contributed by atoms with Crippen LogP contribution in [0.3, 0.4) is 0 Å². The summed E-state index contributed by atoms with van der Waals surface area (Å²) in [7, 11) is 1.32. The van der Waals surface area contributed by atoms with Crippen LogP contribution in [0, 0.1) is 13.8 Å². The van der Waals surface area contributed by atoms with Crippen LogP contribution in [0.15, 0.2) is 24.8 Å². The summed E-state index contributed by atoms with van der Waals surface area (Å²) in [5, 5.41) is 9.70. The number of aryl methyl sites for hydroxylation is 2. The Morgan fingerprint density at radius 3 is 2.34 bits per heavy atom. The zero-order valence-corrected chi connectivity index (χ0v) is 27.3. The normalized spacial score (nSPS) is 17.4. The van der Waals surface area contributed by atoms with E-state index in [9.17, 15) is 24.3 Å². The Morgan fingerprint density at radius 1 is 1.00 bits per heavy atom. The van der Waals surface area contributed by atoms with Crippen LogP contribution in [-0.4, -0.2) is 67.3 Å². The van der Waals surface area contributed by atoms with Crippen LogP contribution in [0.1, 0.15) is 112 Å². The average Bonchev–Trinajstić information content (AvgIpc) is 3.71. The number of carbonyl (C=O) groups excluding carboxylic acids is 3. The van der Waals surface area contributed by atoms with Crippen molar-refractivity contribution in [1.82, 2.24) is 24.8 Å². The molecule has 3 aliphatic heterocycles. The lowest BCUT2D eigenvalue weighted by Crippen LogP contribution is -2.43. The Bertz CT molecular complexity index is 2120. The third-order valence-corrected chi connectivity index (χ3v) is 9.73. The van der Waals surface area contributed by atoms with Gasteiger partial charge in [-0.25, -0.2) is 4.98 Å². The van der Waals surface area contributed by atoms with Gasteiger partial charge in [-0.15, -0.1) is 0 Å². The minimum absolute atomic E-state index is 0.0812. The van der Waals surface area contributed by atoms with Gasteiger partial charge in [-0.3, -0.25) is 29.1 Å². The second kappa shape index (κ2) is 11.8. The van der Waals surface area contributed by atoms with E-state index in [1.165, 1.54) is 7.11 Å². The van der Waals surface area contributed by atoms with Crippen LogP contribution in [0.25, 0.3) is 39.3 Å². The van der Waals surface area contributed by atoms with E-state index in [1.54, 1.807) is 6.92 Å². The number of methoxy groups -OCH3 is 1. The summed E-state index contributed by atoms with van der Waals surface area (Å²) in [5.41, 5.74) is 9.95. The highest BCUT2D eigenvalue weighted by atomic mass is 16.5. The number of aliphatic carboxylic acids is 1. The zero-order valence-electron chi connectivity index (χ0n) is 27.3. The maximum Gasteiger partial charge on any atom is 0.323 e. The summed E-state index contributed by atoms with van der Waals surface area (Å²) in [6, 6.07) is 5.83. The lowest BCUT2D eigenvalue weighted by Gasteiger charge is -2.25. The molecule has 47 heavy (non-hydrogen) atoms. The van der Waals surface area contributed by atoms with Crippen molar-refractivity contribution in [2.24, 2.45) is 0 Å². The number of imide groups is 1. The molecule has 0 unspecified atom stereocenters. The highest BCUT2D eigenvalue weighted by Gasteiger charge is 2.41. The lowest BCUT2D eigenvalue weighted by molar-refractivity contribution is -0.141. The number of rotatable bonds is 7. The highest BCUT2D eigenvalue weighted by Crippen LogP contribution is 2.44. The number of ether oxygens (including phenoxy) is 1. The van der Waals surface area contributed by atoms with Gasteiger partial charge in [0.05, 0.1) is 40.8 Å². The van der Waals surface area contributed by atoms with Crippen molar-refractivity contribution in [2.75, 3.05) is 13.7 Å². The molecule has 0 spiro atoms. The van der Waals surface area contributed by atoms with Gasteiger partial charge in [0.1, 0.15) is 6.54 Å². The molecule has 242 valence electrons. The molecule has 3 aromatic heterocycles. The summed E-state index contributed by atoms with van der Waals surface area (Å²) in [6.07, 6.45) is 2.92. The number of hydrogen-bond donors (Lipinski definition) is 3. The Morgan fingerprint density at radius 2 is 1.68 bits per heavy atom. The molecule has 6 heterocycles. The number of aromatic amines is 2. The number of fused-ring (bicyclic) bond motifs is 8. The number of carboxylic acid groups (broad SMARTS) is 1. The first-order valence-electron chi connectivity index (χ1n) is 15.7. The fourth-order valence-electron chi connectivity index (χ4n) is 7.06. The minimum atomic E-state index is -1.32. The van der Waals surface area contributed by atoms with E-state index >= 15 is 0 Å². The van der Waals surface area contributed by atoms with Crippen molar-refractivity contribution >= 4 is 63.0 Å². The van der Waals surface area contributed by atoms with Crippen molar-refractivity contribution in [3.63, 3.8) is 0 Å². The number of carboxylic acids is 1.